The van der Waals surface area contributed by atoms with Crippen LogP contribution in [0.2, 0.25) is 0 Å². The van der Waals surface area contributed by atoms with Gasteiger partial charge in [0.15, 0.2) is 5.65 Å². The lowest BCUT2D eigenvalue weighted by Gasteiger charge is -2.11. The quantitative estimate of drug-likeness (QED) is 0.445. The third-order valence-corrected chi connectivity index (χ3v) is 4.58. The Balaban J connectivity index is 1.87. The van der Waals surface area contributed by atoms with Crippen LogP contribution in [0.3, 0.4) is 0 Å². The van der Waals surface area contributed by atoms with Gasteiger partial charge in [-0.3, -0.25) is 0 Å². The summed E-state index contributed by atoms with van der Waals surface area (Å²) in [5.41, 5.74) is 2.44. The predicted molar refractivity (Wildman–Crippen MR) is 103 cm³/mol. The number of halogens is 2. The van der Waals surface area contributed by atoms with Crippen molar-refractivity contribution in [2.75, 3.05) is 5.32 Å². The first-order valence-electron chi connectivity index (χ1n) is 7.47. The van der Waals surface area contributed by atoms with E-state index in [1.807, 2.05) is 24.3 Å². The second-order valence-corrected chi connectivity index (χ2v) is 6.78. The van der Waals surface area contributed by atoms with Gasteiger partial charge >= 0.3 is 0 Å². The van der Waals surface area contributed by atoms with Crippen LogP contribution in [0.1, 0.15) is 0 Å². The van der Waals surface area contributed by atoms with Gasteiger partial charge in [-0.25, -0.2) is 9.37 Å². The first-order valence-corrected chi connectivity index (χ1v) is 8.71. The Bertz CT molecular complexity index is 1060. The molecule has 4 rings (SSSR count). The lowest BCUT2D eigenvalue weighted by Crippen LogP contribution is -2.03. The summed E-state index contributed by atoms with van der Waals surface area (Å²) in [6.07, 6.45) is 1.66. The molecule has 2 aromatic carbocycles. The van der Waals surface area contributed by atoms with Crippen LogP contribution < -0.4 is 5.32 Å². The maximum absolute atomic E-state index is 14.2. The molecule has 4 aromatic rings. The summed E-state index contributed by atoms with van der Waals surface area (Å²) in [6, 6.07) is 16.0. The van der Waals surface area contributed by atoms with Crippen molar-refractivity contribution in [3.8, 4) is 11.3 Å². The van der Waals surface area contributed by atoms with E-state index < -0.39 is 0 Å². The zero-order valence-electron chi connectivity index (χ0n) is 12.8. The second-order valence-electron chi connectivity index (χ2n) is 5.41. The molecule has 1 N–H and O–H groups in total. The molecule has 0 unspecified atom stereocenters. The molecule has 0 aliphatic rings. The van der Waals surface area contributed by atoms with Crippen LogP contribution in [0.25, 0.3) is 16.9 Å². The van der Waals surface area contributed by atoms with Gasteiger partial charge in [0.25, 0.3) is 0 Å². The summed E-state index contributed by atoms with van der Waals surface area (Å²) < 4.78 is 16.6. The van der Waals surface area contributed by atoms with E-state index in [1.165, 1.54) is 6.07 Å². The molecular formula is C18H12BrFN4S. The molecular weight excluding hydrogens is 403 g/mol. The first-order chi connectivity index (χ1) is 12.1. The minimum Gasteiger partial charge on any atom is -0.340 e. The number of nitrogens with zero attached hydrogens (tertiary/aromatic N) is 3. The summed E-state index contributed by atoms with van der Waals surface area (Å²) in [6.45, 7) is 0. The Hall–Kier alpha value is -2.38. The van der Waals surface area contributed by atoms with Gasteiger partial charge in [0.1, 0.15) is 11.6 Å². The molecule has 124 valence electrons. The topological polar surface area (TPSA) is 42.2 Å². The van der Waals surface area contributed by atoms with E-state index in [1.54, 1.807) is 35.0 Å². The van der Waals surface area contributed by atoms with E-state index in [9.17, 15) is 4.39 Å². The molecule has 0 amide bonds. The number of hydrogen-bond donors (Lipinski definition) is 2. The van der Waals surface area contributed by atoms with E-state index in [0.717, 1.165) is 15.1 Å². The van der Waals surface area contributed by atoms with Crippen molar-refractivity contribution in [3.63, 3.8) is 0 Å². The molecule has 0 aliphatic carbocycles. The maximum atomic E-state index is 14.2. The molecule has 0 saturated carbocycles. The third-order valence-electron chi connectivity index (χ3n) is 3.72. The SMILES string of the molecule is Fc1ccccc1-c1cc(Nc2ccc(S)cc2)n2ncc(Br)c2n1. The van der Waals surface area contributed by atoms with Gasteiger partial charge in [-0.2, -0.15) is 9.61 Å². The Morgan fingerprint density at radius 3 is 2.60 bits per heavy atom. The van der Waals surface area contributed by atoms with Gasteiger partial charge in [0.2, 0.25) is 0 Å². The number of nitrogens with one attached hydrogen (secondary N) is 1. The third kappa shape index (κ3) is 3.12. The number of benzene rings is 2. The van der Waals surface area contributed by atoms with Gasteiger partial charge < -0.3 is 5.32 Å². The van der Waals surface area contributed by atoms with E-state index in [-0.39, 0.29) is 5.82 Å². The van der Waals surface area contributed by atoms with Crippen molar-refractivity contribution in [2.45, 2.75) is 4.90 Å². The molecule has 0 fully saturated rings. The maximum Gasteiger partial charge on any atom is 0.172 e. The Kier molecular flexibility index (Phi) is 4.19. The van der Waals surface area contributed by atoms with Crippen molar-refractivity contribution in [1.29, 1.82) is 0 Å². The van der Waals surface area contributed by atoms with E-state index in [0.29, 0.717) is 22.7 Å². The number of aromatic nitrogens is 3. The molecule has 25 heavy (non-hydrogen) atoms. The number of anilines is 2. The van der Waals surface area contributed by atoms with Gasteiger partial charge in [-0.1, -0.05) is 12.1 Å². The van der Waals surface area contributed by atoms with E-state index >= 15 is 0 Å². The predicted octanol–water partition coefficient (Wildman–Crippen LogP) is 5.33. The Morgan fingerprint density at radius 1 is 1.08 bits per heavy atom. The summed E-state index contributed by atoms with van der Waals surface area (Å²) in [4.78, 5) is 5.42. The molecule has 0 bridgehead atoms. The van der Waals surface area contributed by atoms with Crippen molar-refractivity contribution >= 4 is 45.7 Å². The molecule has 0 saturated heterocycles. The monoisotopic (exact) mass is 414 g/mol. The van der Waals surface area contributed by atoms with Crippen LogP contribution in [-0.2, 0) is 0 Å². The Labute approximate surface area is 157 Å². The average Bonchev–Trinajstić information content (AvgIpc) is 2.99. The van der Waals surface area contributed by atoms with E-state index in [2.05, 4.69) is 44.0 Å². The highest BCUT2D eigenvalue weighted by molar-refractivity contribution is 9.10. The molecule has 0 radical (unpaired) electrons. The minimum atomic E-state index is -0.319. The largest absolute Gasteiger partial charge is 0.340 e. The van der Waals surface area contributed by atoms with Crippen molar-refractivity contribution in [2.24, 2.45) is 0 Å². The van der Waals surface area contributed by atoms with Crippen LogP contribution in [0.4, 0.5) is 15.9 Å². The zero-order valence-corrected chi connectivity index (χ0v) is 15.3. The highest BCUT2D eigenvalue weighted by atomic mass is 79.9. The highest BCUT2D eigenvalue weighted by Gasteiger charge is 2.13. The van der Waals surface area contributed by atoms with Crippen molar-refractivity contribution in [1.82, 2.24) is 14.6 Å². The lowest BCUT2D eigenvalue weighted by molar-refractivity contribution is 0.630. The number of rotatable bonds is 3. The van der Waals surface area contributed by atoms with Crippen molar-refractivity contribution < 1.29 is 4.39 Å². The molecule has 0 spiro atoms. The molecule has 0 atom stereocenters. The van der Waals surface area contributed by atoms with Crippen LogP contribution in [0.15, 0.2) is 70.2 Å². The molecule has 7 heteroatoms. The average molecular weight is 415 g/mol. The Morgan fingerprint density at radius 2 is 1.84 bits per heavy atom. The fourth-order valence-corrected chi connectivity index (χ4v) is 3.02. The van der Waals surface area contributed by atoms with Crippen molar-refractivity contribution in [3.05, 3.63) is 71.1 Å². The molecule has 2 heterocycles. The zero-order chi connectivity index (χ0) is 17.4. The number of fused-ring (bicyclic) bond motifs is 1. The molecule has 0 aliphatic heterocycles. The summed E-state index contributed by atoms with van der Waals surface area (Å²) in [5, 5.41) is 7.63. The summed E-state index contributed by atoms with van der Waals surface area (Å²) in [7, 11) is 0. The smallest absolute Gasteiger partial charge is 0.172 e. The van der Waals surface area contributed by atoms with Gasteiger partial charge in [-0.15, -0.1) is 12.6 Å². The fraction of sp³-hybridized carbons (Fsp3) is 0. The van der Waals surface area contributed by atoms with Gasteiger partial charge in [0.05, 0.1) is 16.4 Å². The van der Waals surface area contributed by atoms with Crippen LogP contribution in [0.5, 0.6) is 0 Å². The standard InChI is InChI=1S/C18H12BrFN4S/c19-14-10-21-24-17(22-11-5-7-12(25)8-6-11)9-16(23-18(14)24)13-3-1-2-4-15(13)20/h1-10,22,25H. The number of hydrogen-bond acceptors (Lipinski definition) is 4. The normalized spacial score (nSPS) is 11.0. The van der Waals surface area contributed by atoms with Crippen LogP contribution in [0, 0.1) is 5.82 Å². The van der Waals surface area contributed by atoms with Gasteiger partial charge in [-0.05, 0) is 52.3 Å². The summed E-state index contributed by atoms with van der Waals surface area (Å²) >= 11 is 7.74. The molecule has 2 aromatic heterocycles. The van der Waals surface area contributed by atoms with E-state index in [4.69, 9.17) is 0 Å². The van der Waals surface area contributed by atoms with Crippen LogP contribution in [-0.4, -0.2) is 14.6 Å². The number of thiol groups is 1. The second kappa shape index (κ2) is 6.50. The highest BCUT2D eigenvalue weighted by Crippen LogP contribution is 2.29. The van der Waals surface area contributed by atoms with Crippen LogP contribution >= 0.6 is 28.6 Å². The minimum absolute atomic E-state index is 0.319. The first kappa shape index (κ1) is 16.1. The van der Waals surface area contributed by atoms with Gasteiger partial charge in [0, 0.05) is 22.2 Å². The lowest BCUT2D eigenvalue weighted by atomic mass is 10.1. The summed E-state index contributed by atoms with van der Waals surface area (Å²) in [5.74, 6) is 0.362. The molecule has 4 nitrogen and oxygen atoms in total. The fourth-order valence-electron chi connectivity index (χ4n) is 2.52.